The average Bonchev–Trinajstić information content (AvgIpc) is 1.90. The maximum absolute atomic E-state index is 5.46. The summed E-state index contributed by atoms with van der Waals surface area (Å²) in [7, 11) is 0. The third kappa shape index (κ3) is 9.50. The molecular formula is C9H21NO. The molecular weight excluding hydrogens is 138 g/mol. The number of hydrogen-bond donors (Lipinski definition) is 1. The van der Waals surface area contributed by atoms with E-state index < -0.39 is 0 Å². The molecule has 2 nitrogen and oxygen atoms in total. The molecule has 0 aromatic carbocycles. The second-order valence-electron chi connectivity index (χ2n) is 2.42. The highest BCUT2D eigenvalue weighted by molar-refractivity contribution is 4.92. The molecule has 0 saturated heterocycles. The van der Waals surface area contributed by atoms with Gasteiger partial charge in [0.2, 0.25) is 0 Å². The molecule has 0 heterocycles. The zero-order chi connectivity index (χ0) is 9.44. The molecule has 2 heteroatoms. The van der Waals surface area contributed by atoms with E-state index in [1.165, 1.54) is 0 Å². The van der Waals surface area contributed by atoms with Gasteiger partial charge in [0.15, 0.2) is 0 Å². The molecule has 0 unspecified atom stereocenters. The molecule has 0 fully saturated rings. The van der Waals surface area contributed by atoms with Crippen molar-refractivity contribution in [2.24, 2.45) is 5.73 Å². The lowest BCUT2D eigenvalue weighted by atomic mass is 10.3. The second-order valence-corrected chi connectivity index (χ2v) is 2.42. The van der Waals surface area contributed by atoms with Gasteiger partial charge in [-0.1, -0.05) is 20.4 Å². The minimum Gasteiger partial charge on any atom is -0.494 e. The van der Waals surface area contributed by atoms with Crippen LogP contribution in [0.4, 0.5) is 0 Å². The van der Waals surface area contributed by atoms with Crippen molar-refractivity contribution < 1.29 is 4.74 Å². The highest BCUT2D eigenvalue weighted by Crippen LogP contribution is 2.01. The first kappa shape index (κ1) is 13.1. The Morgan fingerprint density at radius 3 is 1.73 bits per heavy atom. The molecule has 0 rings (SSSR count). The summed E-state index contributed by atoms with van der Waals surface area (Å²) in [4.78, 5) is 0. The fourth-order valence-electron chi connectivity index (χ4n) is 0.410. The second kappa shape index (κ2) is 7.61. The SMILES string of the molecule is C=C(OC(C)C)[C@H](C)N.CC. The predicted octanol–water partition coefficient (Wildman–Crippen LogP) is 2.30. The Labute approximate surface area is 70.4 Å². The predicted molar refractivity (Wildman–Crippen MR) is 50.4 cm³/mol. The fraction of sp³-hybridized carbons (Fsp3) is 0.778. The highest BCUT2D eigenvalue weighted by Gasteiger charge is 2.01. The zero-order valence-electron chi connectivity index (χ0n) is 8.35. The largest absolute Gasteiger partial charge is 0.494 e. The Kier molecular flexibility index (Phi) is 9.07. The van der Waals surface area contributed by atoms with Crippen LogP contribution in [0.15, 0.2) is 12.3 Å². The molecule has 0 spiro atoms. The molecule has 1 atom stereocenters. The molecule has 0 aliphatic rings. The van der Waals surface area contributed by atoms with Crippen LogP contribution in [0, 0.1) is 0 Å². The van der Waals surface area contributed by atoms with Gasteiger partial charge in [-0.3, -0.25) is 0 Å². The molecule has 0 aromatic rings. The van der Waals surface area contributed by atoms with E-state index in [2.05, 4.69) is 6.58 Å². The van der Waals surface area contributed by atoms with Crippen molar-refractivity contribution in [1.29, 1.82) is 0 Å². The normalized spacial score (nSPS) is 11.5. The van der Waals surface area contributed by atoms with Crippen LogP contribution < -0.4 is 5.73 Å². The van der Waals surface area contributed by atoms with Crippen molar-refractivity contribution in [2.45, 2.75) is 46.8 Å². The van der Waals surface area contributed by atoms with Gasteiger partial charge in [0.1, 0.15) is 5.76 Å². The van der Waals surface area contributed by atoms with E-state index in [0.29, 0.717) is 5.76 Å². The minimum absolute atomic E-state index is 0.0626. The molecule has 0 radical (unpaired) electrons. The van der Waals surface area contributed by atoms with Gasteiger partial charge in [0.05, 0.1) is 12.1 Å². The van der Waals surface area contributed by atoms with Crippen LogP contribution in [0.25, 0.3) is 0 Å². The molecule has 11 heavy (non-hydrogen) atoms. The lowest BCUT2D eigenvalue weighted by Gasteiger charge is -2.14. The summed E-state index contributed by atoms with van der Waals surface area (Å²) in [5, 5.41) is 0. The third-order valence-corrected chi connectivity index (χ3v) is 0.895. The van der Waals surface area contributed by atoms with E-state index in [1.54, 1.807) is 0 Å². The Bertz CT molecular complexity index is 97.7. The summed E-state index contributed by atoms with van der Waals surface area (Å²) in [6, 6.07) is -0.0626. The summed E-state index contributed by atoms with van der Waals surface area (Å²) in [5.41, 5.74) is 5.46. The van der Waals surface area contributed by atoms with Crippen LogP contribution in [0.5, 0.6) is 0 Å². The van der Waals surface area contributed by atoms with Crippen molar-refractivity contribution in [3.8, 4) is 0 Å². The number of hydrogen-bond acceptors (Lipinski definition) is 2. The van der Waals surface area contributed by atoms with Gasteiger partial charge < -0.3 is 10.5 Å². The van der Waals surface area contributed by atoms with Crippen molar-refractivity contribution in [2.75, 3.05) is 0 Å². The van der Waals surface area contributed by atoms with E-state index in [9.17, 15) is 0 Å². The van der Waals surface area contributed by atoms with Gasteiger partial charge in [-0.05, 0) is 20.8 Å². The summed E-state index contributed by atoms with van der Waals surface area (Å²) in [6.07, 6.45) is 0.184. The van der Waals surface area contributed by atoms with E-state index in [4.69, 9.17) is 10.5 Å². The van der Waals surface area contributed by atoms with Crippen LogP contribution >= 0.6 is 0 Å². The maximum Gasteiger partial charge on any atom is 0.106 e. The third-order valence-electron chi connectivity index (χ3n) is 0.895. The Morgan fingerprint density at radius 1 is 1.27 bits per heavy atom. The first-order chi connectivity index (χ1) is 5.04. The Hall–Kier alpha value is -0.500. The number of nitrogens with two attached hydrogens (primary N) is 1. The van der Waals surface area contributed by atoms with Gasteiger partial charge >= 0.3 is 0 Å². The molecule has 68 valence electrons. The molecule has 0 bridgehead atoms. The van der Waals surface area contributed by atoms with Gasteiger partial charge in [-0.2, -0.15) is 0 Å². The van der Waals surface area contributed by atoms with Crippen LogP contribution in [0.3, 0.4) is 0 Å². The smallest absolute Gasteiger partial charge is 0.106 e. The van der Waals surface area contributed by atoms with Crippen LogP contribution in [0.2, 0.25) is 0 Å². The highest BCUT2D eigenvalue weighted by atomic mass is 16.5. The van der Waals surface area contributed by atoms with Gasteiger partial charge in [-0.15, -0.1) is 0 Å². The summed E-state index contributed by atoms with van der Waals surface area (Å²) < 4.78 is 5.19. The van der Waals surface area contributed by atoms with Crippen molar-refractivity contribution in [1.82, 2.24) is 0 Å². The Morgan fingerprint density at radius 2 is 1.64 bits per heavy atom. The van der Waals surface area contributed by atoms with Gasteiger partial charge in [0, 0.05) is 0 Å². The van der Waals surface area contributed by atoms with E-state index in [-0.39, 0.29) is 12.1 Å². The van der Waals surface area contributed by atoms with Crippen molar-refractivity contribution >= 4 is 0 Å². The van der Waals surface area contributed by atoms with Gasteiger partial charge in [-0.25, -0.2) is 0 Å². The van der Waals surface area contributed by atoms with Crippen LogP contribution in [-0.2, 0) is 4.74 Å². The first-order valence-electron chi connectivity index (χ1n) is 4.15. The average molecular weight is 159 g/mol. The lowest BCUT2D eigenvalue weighted by molar-refractivity contribution is 0.136. The quantitative estimate of drug-likeness (QED) is 0.641. The van der Waals surface area contributed by atoms with Crippen LogP contribution in [-0.4, -0.2) is 12.1 Å². The topological polar surface area (TPSA) is 35.2 Å². The summed E-state index contributed by atoms with van der Waals surface area (Å²) >= 11 is 0. The molecule has 0 aliphatic carbocycles. The summed E-state index contributed by atoms with van der Waals surface area (Å²) in [6.45, 7) is 13.4. The van der Waals surface area contributed by atoms with E-state index in [1.807, 2.05) is 34.6 Å². The molecule has 0 amide bonds. The standard InChI is InChI=1S/C7H15NO.C2H6/c1-5(2)9-7(4)6(3)8;1-2/h5-6H,4,8H2,1-3H3;1-2H3/t6-;/m0./s1. The summed E-state index contributed by atoms with van der Waals surface area (Å²) in [5.74, 6) is 0.657. The fourth-order valence-corrected chi connectivity index (χ4v) is 0.410. The maximum atomic E-state index is 5.46. The van der Waals surface area contributed by atoms with Gasteiger partial charge in [0.25, 0.3) is 0 Å². The van der Waals surface area contributed by atoms with Crippen molar-refractivity contribution in [3.63, 3.8) is 0 Å². The number of rotatable bonds is 3. The molecule has 0 aromatic heterocycles. The van der Waals surface area contributed by atoms with E-state index >= 15 is 0 Å². The minimum atomic E-state index is -0.0626. The first-order valence-corrected chi connectivity index (χ1v) is 4.15. The molecule has 2 N–H and O–H groups in total. The van der Waals surface area contributed by atoms with E-state index in [0.717, 1.165) is 0 Å². The monoisotopic (exact) mass is 159 g/mol. The van der Waals surface area contributed by atoms with Crippen molar-refractivity contribution in [3.05, 3.63) is 12.3 Å². The molecule has 0 aliphatic heterocycles. The molecule has 0 saturated carbocycles. The van der Waals surface area contributed by atoms with Crippen LogP contribution in [0.1, 0.15) is 34.6 Å². The zero-order valence-corrected chi connectivity index (χ0v) is 8.35. The number of ether oxygens (including phenoxy) is 1. The Balaban J connectivity index is 0. The lowest BCUT2D eigenvalue weighted by Crippen LogP contribution is -2.21.